The molecule has 0 radical (unpaired) electrons. The number of aryl methyl sites for hydroxylation is 1. The van der Waals surface area contributed by atoms with Crippen LogP contribution in [0.4, 0.5) is 0 Å². The maximum atomic E-state index is 12.6. The first-order valence-electron chi connectivity index (χ1n) is 8.59. The first kappa shape index (κ1) is 16.9. The van der Waals surface area contributed by atoms with E-state index < -0.39 is 0 Å². The van der Waals surface area contributed by atoms with Crippen LogP contribution in [0.25, 0.3) is 0 Å². The van der Waals surface area contributed by atoms with Crippen molar-refractivity contribution in [1.82, 2.24) is 30.5 Å². The van der Waals surface area contributed by atoms with Gasteiger partial charge in [-0.3, -0.25) is 19.5 Å². The van der Waals surface area contributed by atoms with E-state index in [1.807, 2.05) is 13.0 Å². The second-order valence-corrected chi connectivity index (χ2v) is 6.35. The number of fused-ring (bicyclic) bond motifs is 1. The lowest BCUT2D eigenvalue weighted by atomic mass is 10.0. The number of hydrogen-bond acceptors (Lipinski definition) is 6. The molecule has 0 aliphatic carbocycles. The van der Waals surface area contributed by atoms with Crippen molar-refractivity contribution in [3.8, 4) is 0 Å². The van der Waals surface area contributed by atoms with Crippen LogP contribution in [-0.4, -0.2) is 38.2 Å². The molecule has 4 heterocycles. The Kier molecular flexibility index (Phi) is 4.37. The predicted molar refractivity (Wildman–Crippen MR) is 96.8 cm³/mol. The Morgan fingerprint density at radius 1 is 1.30 bits per heavy atom. The van der Waals surface area contributed by atoms with Gasteiger partial charge in [-0.2, -0.15) is 0 Å². The summed E-state index contributed by atoms with van der Waals surface area (Å²) in [4.78, 5) is 39.1. The molecule has 0 saturated carbocycles. The zero-order valence-corrected chi connectivity index (χ0v) is 14.7. The molecule has 1 atom stereocenters. The summed E-state index contributed by atoms with van der Waals surface area (Å²) in [7, 11) is 0. The van der Waals surface area contributed by atoms with Gasteiger partial charge >= 0.3 is 0 Å². The Balaban J connectivity index is 1.62. The third kappa shape index (κ3) is 3.41. The third-order valence-corrected chi connectivity index (χ3v) is 4.47. The molecule has 27 heavy (non-hydrogen) atoms. The fraction of sp³-hybridized carbons (Fsp3) is 0.211. The second-order valence-electron chi connectivity index (χ2n) is 6.35. The fourth-order valence-electron chi connectivity index (χ4n) is 3.06. The molecule has 0 spiro atoms. The fourth-order valence-corrected chi connectivity index (χ4v) is 3.06. The number of nitrogens with one attached hydrogen (secondary N) is 2. The minimum Gasteiger partial charge on any atom is -0.361 e. The Labute approximate surface area is 156 Å². The highest BCUT2D eigenvalue weighted by Crippen LogP contribution is 2.27. The van der Waals surface area contributed by atoms with Gasteiger partial charge < -0.3 is 10.6 Å². The Bertz CT molecular complexity index is 936. The van der Waals surface area contributed by atoms with Gasteiger partial charge in [-0.1, -0.05) is 6.08 Å². The van der Waals surface area contributed by atoms with Crippen LogP contribution < -0.4 is 10.6 Å². The summed E-state index contributed by atoms with van der Waals surface area (Å²) in [5.41, 5.74) is 2.56. The van der Waals surface area contributed by atoms with Crippen molar-refractivity contribution in [2.24, 2.45) is 0 Å². The van der Waals surface area contributed by atoms with Crippen LogP contribution in [0.5, 0.6) is 0 Å². The van der Waals surface area contributed by atoms with E-state index in [4.69, 9.17) is 0 Å². The molecule has 0 aromatic carbocycles. The summed E-state index contributed by atoms with van der Waals surface area (Å²) < 4.78 is 0. The molecule has 2 aliphatic rings. The summed E-state index contributed by atoms with van der Waals surface area (Å²) in [5.74, 6) is 0.265. The minimum atomic E-state index is -0.282. The van der Waals surface area contributed by atoms with Crippen molar-refractivity contribution in [2.75, 3.05) is 6.54 Å². The van der Waals surface area contributed by atoms with Crippen LogP contribution in [0.2, 0.25) is 0 Å². The van der Waals surface area contributed by atoms with Crippen LogP contribution in [0.3, 0.4) is 0 Å². The lowest BCUT2D eigenvalue weighted by Gasteiger charge is -2.37. The molecule has 2 aliphatic heterocycles. The van der Waals surface area contributed by atoms with Gasteiger partial charge in [0.25, 0.3) is 5.91 Å². The molecule has 1 fully saturated rings. The van der Waals surface area contributed by atoms with E-state index in [0.29, 0.717) is 23.6 Å². The quantitative estimate of drug-likeness (QED) is 0.851. The number of carbonyl (C=O) groups is 2. The van der Waals surface area contributed by atoms with Gasteiger partial charge in [0.15, 0.2) is 0 Å². The Morgan fingerprint density at radius 2 is 2.19 bits per heavy atom. The highest BCUT2D eigenvalue weighted by Gasteiger charge is 2.33. The maximum Gasteiger partial charge on any atom is 0.257 e. The van der Waals surface area contributed by atoms with Crippen molar-refractivity contribution in [3.05, 3.63) is 77.5 Å². The van der Waals surface area contributed by atoms with E-state index in [2.05, 4.69) is 25.6 Å². The molecule has 2 aromatic heterocycles. The van der Waals surface area contributed by atoms with E-state index in [-0.39, 0.29) is 24.3 Å². The van der Waals surface area contributed by atoms with Crippen LogP contribution in [0.15, 0.2) is 60.6 Å². The minimum absolute atomic E-state index is 0.0273. The molecule has 8 nitrogen and oxygen atoms in total. The topological polar surface area (TPSA) is 100 Å². The van der Waals surface area contributed by atoms with E-state index >= 15 is 0 Å². The molecule has 136 valence electrons. The van der Waals surface area contributed by atoms with Gasteiger partial charge in [-0.05, 0) is 31.2 Å². The van der Waals surface area contributed by atoms with Crippen molar-refractivity contribution >= 4 is 11.8 Å². The SMILES string of the molecule is Cc1ccc(C(=O)NC2=C3NC(c4ccncn4)CC(=O)N3CC=C2)cn1. The molecule has 1 unspecified atom stereocenters. The lowest BCUT2D eigenvalue weighted by Crippen LogP contribution is -2.48. The molecular formula is C19H18N6O2. The molecule has 0 bridgehead atoms. The largest absolute Gasteiger partial charge is 0.361 e. The third-order valence-electron chi connectivity index (χ3n) is 4.47. The maximum absolute atomic E-state index is 12.6. The molecule has 4 rings (SSSR count). The van der Waals surface area contributed by atoms with Crippen LogP contribution in [0.1, 0.15) is 34.2 Å². The molecule has 2 amide bonds. The zero-order chi connectivity index (χ0) is 18.8. The van der Waals surface area contributed by atoms with Gasteiger partial charge in [0, 0.05) is 24.6 Å². The van der Waals surface area contributed by atoms with Gasteiger partial charge in [0.05, 0.1) is 29.4 Å². The molecule has 2 aromatic rings. The molecular weight excluding hydrogens is 344 g/mol. The Hall–Kier alpha value is -3.55. The molecule has 2 N–H and O–H groups in total. The first-order valence-corrected chi connectivity index (χ1v) is 8.59. The van der Waals surface area contributed by atoms with E-state index in [9.17, 15) is 9.59 Å². The normalized spacial score (nSPS) is 18.8. The zero-order valence-electron chi connectivity index (χ0n) is 14.7. The smallest absolute Gasteiger partial charge is 0.257 e. The highest BCUT2D eigenvalue weighted by molar-refractivity contribution is 5.95. The summed E-state index contributed by atoms with van der Waals surface area (Å²) in [6.07, 6.45) is 8.56. The monoisotopic (exact) mass is 362 g/mol. The predicted octanol–water partition coefficient (Wildman–Crippen LogP) is 1.21. The van der Waals surface area contributed by atoms with Crippen molar-refractivity contribution in [2.45, 2.75) is 19.4 Å². The van der Waals surface area contributed by atoms with E-state index in [0.717, 1.165) is 11.4 Å². The lowest BCUT2D eigenvalue weighted by molar-refractivity contribution is -0.131. The Morgan fingerprint density at radius 3 is 2.93 bits per heavy atom. The highest BCUT2D eigenvalue weighted by atomic mass is 16.2. The summed E-state index contributed by atoms with van der Waals surface area (Å²) >= 11 is 0. The van der Waals surface area contributed by atoms with E-state index in [1.54, 1.807) is 35.4 Å². The molecule has 1 saturated heterocycles. The molecule has 8 heteroatoms. The number of amides is 2. The standard InChI is InChI=1S/C19H18N6O2/c1-12-4-5-13(10-21-12)19(27)24-15-3-2-8-25-17(26)9-16(23-18(15)25)14-6-7-20-11-22-14/h2-7,10-11,16,23H,8-9H2,1H3,(H,24,27). The number of aromatic nitrogens is 3. The average molecular weight is 362 g/mol. The van der Waals surface area contributed by atoms with Crippen LogP contribution >= 0.6 is 0 Å². The van der Waals surface area contributed by atoms with Crippen molar-refractivity contribution in [3.63, 3.8) is 0 Å². The second kappa shape index (κ2) is 6.99. The van der Waals surface area contributed by atoms with Crippen molar-refractivity contribution in [1.29, 1.82) is 0 Å². The number of rotatable bonds is 3. The van der Waals surface area contributed by atoms with Gasteiger partial charge in [-0.25, -0.2) is 9.97 Å². The van der Waals surface area contributed by atoms with Crippen LogP contribution in [0, 0.1) is 6.92 Å². The number of allylic oxidation sites excluding steroid dienone is 1. The summed E-state index contributed by atoms with van der Waals surface area (Å²) in [5, 5.41) is 6.20. The van der Waals surface area contributed by atoms with Gasteiger partial charge in [0.1, 0.15) is 12.1 Å². The van der Waals surface area contributed by atoms with Crippen molar-refractivity contribution < 1.29 is 9.59 Å². The number of carbonyl (C=O) groups excluding carboxylic acids is 2. The van der Waals surface area contributed by atoms with Gasteiger partial charge in [-0.15, -0.1) is 0 Å². The number of pyridine rings is 1. The van der Waals surface area contributed by atoms with Crippen LogP contribution in [-0.2, 0) is 4.79 Å². The number of nitrogens with zero attached hydrogens (tertiary/aromatic N) is 4. The average Bonchev–Trinajstić information content (AvgIpc) is 2.69. The number of hydrogen-bond donors (Lipinski definition) is 2. The van der Waals surface area contributed by atoms with E-state index in [1.165, 1.54) is 12.5 Å². The van der Waals surface area contributed by atoms with Gasteiger partial charge in [0.2, 0.25) is 5.91 Å². The summed E-state index contributed by atoms with van der Waals surface area (Å²) in [6, 6.07) is 5.00. The first-order chi connectivity index (χ1) is 13.1. The summed E-state index contributed by atoms with van der Waals surface area (Å²) in [6.45, 7) is 2.32.